The zero-order valence-corrected chi connectivity index (χ0v) is 11.6. The molecule has 1 aromatic carbocycles. The van der Waals surface area contributed by atoms with Crippen molar-refractivity contribution >= 4 is 27.3 Å². The Labute approximate surface area is 114 Å². The van der Waals surface area contributed by atoms with E-state index < -0.39 is 16.0 Å². The first-order valence-corrected chi connectivity index (χ1v) is 7.69. The number of hydrogen-bond acceptors (Lipinski definition) is 5. The fourth-order valence-electron chi connectivity index (χ4n) is 1.43. The quantitative estimate of drug-likeness (QED) is 0.692. The van der Waals surface area contributed by atoms with E-state index in [2.05, 4.69) is 0 Å². The van der Waals surface area contributed by atoms with Crippen LogP contribution in [-0.2, 0) is 10.0 Å². The van der Waals surface area contributed by atoms with Crippen molar-refractivity contribution in [2.45, 2.75) is 11.8 Å². The first-order valence-electron chi connectivity index (χ1n) is 5.27. The van der Waals surface area contributed by atoms with Gasteiger partial charge in [-0.2, -0.15) is 0 Å². The molecule has 0 aliphatic heterocycles. The Morgan fingerprint density at radius 1 is 1.21 bits per heavy atom. The van der Waals surface area contributed by atoms with Gasteiger partial charge in [0.25, 0.3) is 0 Å². The van der Waals surface area contributed by atoms with Crippen molar-refractivity contribution in [1.82, 2.24) is 0 Å². The molecule has 0 fully saturated rings. The summed E-state index contributed by atoms with van der Waals surface area (Å²) >= 11 is 0.973. The van der Waals surface area contributed by atoms with Gasteiger partial charge in [0.15, 0.2) is 0 Å². The lowest BCUT2D eigenvalue weighted by Gasteiger charge is -2.04. The number of esters is 1. The summed E-state index contributed by atoms with van der Waals surface area (Å²) in [5, 5.41) is 6.50. The fourth-order valence-corrected chi connectivity index (χ4v) is 3.27. The lowest BCUT2D eigenvalue weighted by Crippen LogP contribution is -2.17. The summed E-state index contributed by atoms with van der Waals surface area (Å²) in [4.78, 5) is 11.7. The van der Waals surface area contributed by atoms with Crippen molar-refractivity contribution in [1.29, 1.82) is 0 Å². The maximum absolute atomic E-state index is 11.9. The van der Waals surface area contributed by atoms with E-state index in [-0.39, 0.29) is 9.77 Å². The van der Waals surface area contributed by atoms with E-state index in [9.17, 15) is 13.2 Å². The summed E-state index contributed by atoms with van der Waals surface area (Å²) in [5.74, 6) is -0.382. The number of ether oxygens (including phenoxy) is 1. The predicted octanol–water partition coefficient (Wildman–Crippen LogP) is 1.92. The number of nitrogens with two attached hydrogens (primary N) is 1. The average molecular weight is 297 g/mol. The van der Waals surface area contributed by atoms with Crippen LogP contribution in [0.25, 0.3) is 0 Å². The Bertz CT molecular complexity index is 702. The molecule has 0 saturated heterocycles. The molecule has 100 valence electrons. The van der Waals surface area contributed by atoms with Crippen LogP contribution < -0.4 is 9.88 Å². The molecule has 0 radical (unpaired) electrons. The highest BCUT2D eigenvalue weighted by atomic mass is 32.2. The number of sulfonamides is 1. The van der Waals surface area contributed by atoms with Crippen LogP contribution in [-0.4, -0.2) is 14.4 Å². The molecule has 0 spiro atoms. The van der Waals surface area contributed by atoms with Crippen LogP contribution in [0, 0.1) is 6.92 Å². The second-order valence-electron chi connectivity index (χ2n) is 3.86. The van der Waals surface area contributed by atoms with E-state index in [0.717, 1.165) is 16.9 Å². The molecule has 19 heavy (non-hydrogen) atoms. The Morgan fingerprint density at radius 3 is 2.42 bits per heavy atom. The van der Waals surface area contributed by atoms with Gasteiger partial charge in [0.1, 0.15) is 15.5 Å². The van der Waals surface area contributed by atoms with E-state index in [1.165, 1.54) is 11.4 Å². The van der Waals surface area contributed by atoms with Crippen molar-refractivity contribution in [3.63, 3.8) is 0 Å². The monoisotopic (exact) mass is 297 g/mol. The van der Waals surface area contributed by atoms with Gasteiger partial charge in [0.05, 0.1) is 0 Å². The molecular formula is C12H11NO4S2. The topological polar surface area (TPSA) is 86.5 Å². The first-order chi connectivity index (χ1) is 8.88. The van der Waals surface area contributed by atoms with Crippen molar-refractivity contribution < 1.29 is 17.9 Å². The normalized spacial score (nSPS) is 11.3. The Morgan fingerprint density at radius 2 is 1.84 bits per heavy atom. The van der Waals surface area contributed by atoms with Gasteiger partial charge in [0.2, 0.25) is 10.0 Å². The molecule has 5 nitrogen and oxygen atoms in total. The maximum atomic E-state index is 11.9. The van der Waals surface area contributed by atoms with E-state index in [4.69, 9.17) is 9.88 Å². The number of thiophene rings is 1. The minimum absolute atomic E-state index is 0.0249. The minimum atomic E-state index is -3.92. The van der Waals surface area contributed by atoms with Gasteiger partial charge < -0.3 is 4.74 Å². The molecule has 0 atom stereocenters. The number of carbonyl (C=O) groups is 1. The number of benzene rings is 1. The zero-order chi connectivity index (χ0) is 14.0. The van der Waals surface area contributed by atoms with Crippen LogP contribution >= 0.6 is 11.3 Å². The summed E-state index contributed by atoms with van der Waals surface area (Å²) in [5.41, 5.74) is 1.03. The summed E-state index contributed by atoms with van der Waals surface area (Å²) < 4.78 is 27.7. The Balaban J connectivity index is 2.26. The third kappa shape index (κ3) is 3.19. The largest absolute Gasteiger partial charge is 0.422 e. The van der Waals surface area contributed by atoms with Crippen LogP contribution in [0.5, 0.6) is 5.75 Å². The third-order valence-corrected chi connectivity index (χ3v) is 4.33. The summed E-state index contributed by atoms with van der Waals surface area (Å²) in [7, 11) is -3.92. The molecule has 2 aromatic rings. The molecule has 1 aromatic heterocycles. The average Bonchev–Trinajstić information content (AvgIpc) is 2.81. The summed E-state index contributed by atoms with van der Waals surface area (Å²) in [6.45, 7) is 1.91. The van der Waals surface area contributed by atoms with Crippen LogP contribution in [0.3, 0.4) is 0 Å². The van der Waals surface area contributed by atoms with Gasteiger partial charge >= 0.3 is 5.97 Å². The van der Waals surface area contributed by atoms with Crippen molar-refractivity contribution in [2.75, 3.05) is 0 Å². The van der Waals surface area contributed by atoms with Crippen LogP contribution in [0.2, 0.25) is 0 Å². The van der Waals surface area contributed by atoms with Gasteiger partial charge in [-0.05, 0) is 30.5 Å². The second-order valence-corrected chi connectivity index (χ2v) is 6.31. The van der Waals surface area contributed by atoms with Crippen LogP contribution in [0.1, 0.15) is 15.2 Å². The molecule has 2 rings (SSSR count). The fraction of sp³-hybridized carbons (Fsp3) is 0.0833. The molecule has 2 N–H and O–H groups in total. The number of hydrogen-bond donors (Lipinski definition) is 1. The second kappa shape index (κ2) is 5.12. The van der Waals surface area contributed by atoms with Gasteiger partial charge in [-0.15, -0.1) is 11.3 Å². The third-order valence-electron chi connectivity index (χ3n) is 2.35. The van der Waals surface area contributed by atoms with Gasteiger partial charge in [0, 0.05) is 0 Å². The highest BCUT2D eigenvalue weighted by Crippen LogP contribution is 2.23. The molecule has 0 aliphatic rings. The number of carbonyl (C=O) groups excluding carboxylic acids is 1. The molecule has 7 heteroatoms. The molecule has 0 saturated carbocycles. The van der Waals surface area contributed by atoms with Crippen LogP contribution in [0.15, 0.2) is 40.6 Å². The molecule has 0 aliphatic carbocycles. The maximum Gasteiger partial charge on any atom is 0.355 e. The van der Waals surface area contributed by atoms with Crippen molar-refractivity contribution in [2.24, 2.45) is 5.14 Å². The highest BCUT2D eigenvalue weighted by molar-refractivity contribution is 7.89. The predicted molar refractivity (Wildman–Crippen MR) is 71.8 cm³/mol. The van der Waals surface area contributed by atoms with Gasteiger partial charge in [-0.1, -0.05) is 17.7 Å². The highest BCUT2D eigenvalue weighted by Gasteiger charge is 2.22. The van der Waals surface area contributed by atoms with Gasteiger partial charge in [-0.3, -0.25) is 0 Å². The standard InChI is InChI=1S/C12H11NO4S2/c1-8-2-4-9(5-3-8)17-12(14)11-10(6-7-18-11)19(13,15)16/h2-7H,1H3,(H2,13,15,16). The molecule has 0 amide bonds. The zero-order valence-electron chi connectivity index (χ0n) is 9.99. The first kappa shape index (κ1) is 13.7. The molecule has 0 unspecified atom stereocenters. The van der Waals surface area contributed by atoms with Crippen molar-refractivity contribution in [3.8, 4) is 5.75 Å². The SMILES string of the molecule is Cc1ccc(OC(=O)c2sccc2S(N)(=O)=O)cc1. The lowest BCUT2D eigenvalue weighted by atomic mass is 10.2. The Kier molecular flexibility index (Phi) is 3.70. The lowest BCUT2D eigenvalue weighted by molar-refractivity contribution is 0.0736. The van der Waals surface area contributed by atoms with Crippen LogP contribution in [0.4, 0.5) is 0 Å². The molecular weight excluding hydrogens is 286 g/mol. The molecule has 1 heterocycles. The summed E-state index contributed by atoms with van der Waals surface area (Å²) in [6, 6.07) is 8.13. The number of aryl methyl sites for hydroxylation is 1. The van der Waals surface area contributed by atoms with Crippen molar-refractivity contribution in [3.05, 3.63) is 46.2 Å². The summed E-state index contributed by atoms with van der Waals surface area (Å²) in [6.07, 6.45) is 0. The smallest absolute Gasteiger partial charge is 0.355 e. The van der Waals surface area contributed by atoms with E-state index in [0.29, 0.717) is 5.75 Å². The van der Waals surface area contributed by atoms with E-state index in [1.54, 1.807) is 24.3 Å². The van der Waals surface area contributed by atoms with E-state index >= 15 is 0 Å². The minimum Gasteiger partial charge on any atom is -0.422 e. The van der Waals surface area contributed by atoms with Gasteiger partial charge in [-0.25, -0.2) is 18.4 Å². The number of primary sulfonamides is 1. The Hall–Kier alpha value is -1.70. The number of rotatable bonds is 3. The molecule has 0 bridgehead atoms. The van der Waals surface area contributed by atoms with E-state index in [1.807, 2.05) is 6.92 Å².